The van der Waals surface area contributed by atoms with Gasteiger partial charge in [-0.15, -0.1) is 0 Å². The number of rotatable bonds is 2. The third-order valence-corrected chi connectivity index (χ3v) is 2.86. The van der Waals surface area contributed by atoms with E-state index in [1.165, 1.54) is 11.9 Å². The van der Waals surface area contributed by atoms with Crippen LogP contribution in [0.3, 0.4) is 0 Å². The summed E-state index contributed by atoms with van der Waals surface area (Å²) in [6.07, 6.45) is 1.71. The van der Waals surface area contributed by atoms with Gasteiger partial charge in [0, 0.05) is 7.05 Å². The van der Waals surface area contributed by atoms with Crippen LogP contribution < -0.4 is 0 Å². The molecule has 0 aromatic heterocycles. The van der Waals surface area contributed by atoms with Crippen molar-refractivity contribution in [1.82, 2.24) is 4.90 Å². The molecule has 1 saturated carbocycles. The van der Waals surface area contributed by atoms with Crippen LogP contribution in [0.1, 0.15) is 12.8 Å². The molecule has 78 valence electrons. The topological polar surface area (TPSA) is 66.8 Å². The molecule has 5 heteroatoms. The lowest BCUT2D eigenvalue weighted by Gasteiger charge is -2.36. The third-order valence-electron chi connectivity index (χ3n) is 2.86. The summed E-state index contributed by atoms with van der Waals surface area (Å²) in [7, 11) is 1.53. The summed E-state index contributed by atoms with van der Waals surface area (Å²) in [5, 5.41) is 9.00. The first-order valence-electron chi connectivity index (χ1n) is 4.71. The third kappa shape index (κ3) is 1.48. The van der Waals surface area contributed by atoms with Crippen LogP contribution in [0.2, 0.25) is 0 Å². The Bertz CT molecular complexity index is 274. The van der Waals surface area contributed by atoms with Crippen molar-refractivity contribution in [1.29, 1.82) is 0 Å². The zero-order valence-corrected chi connectivity index (χ0v) is 7.97. The van der Waals surface area contributed by atoms with E-state index in [1.807, 2.05) is 0 Å². The fourth-order valence-electron chi connectivity index (χ4n) is 1.86. The average Bonchev–Trinajstić information content (AvgIpc) is 2.91. The van der Waals surface area contributed by atoms with E-state index >= 15 is 0 Å². The number of hydrogen-bond donors (Lipinski definition) is 1. The van der Waals surface area contributed by atoms with Crippen LogP contribution in [0.5, 0.6) is 0 Å². The SMILES string of the molecule is CN1C(=O)COC(C2CC2)C1C(=O)O. The fourth-order valence-corrected chi connectivity index (χ4v) is 1.86. The maximum Gasteiger partial charge on any atom is 0.329 e. The highest BCUT2D eigenvalue weighted by molar-refractivity contribution is 5.85. The number of likely N-dealkylation sites (N-methyl/N-ethyl adjacent to an activating group) is 1. The molecule has 2 rings (SSSR count). The van der Waals surface area contributed by atoms with Gasteiger partial charge in [0.25, 0.3) is 0 Å². The van der Waals surface area contributed by atoms with Crippen LogP contribution in [0, 0.1) is 5.92 Å². The Kier molecular flexibility index (Phi) is 2.19. The highest BCUT2D eigenvalue weighted by Crippen LogP contribution is 2.38. The molecule has 2 aliphatic rings. The Labute approximate surface area is 81.6 Å². The number of carbonyl (C=O) groups excluding carboxylic acids is 1. The number of amides is 1. The molecule has 1 aliphatic heterocycles. The lowest BCUT2D eigenvalue weighted by molar-refractivity contribution is -0.170. The Morgan fingerprint density at radius 1 is 1.57 bits per heavy atom. The minimum absolute atomic E-state index is 0.0153. The molecule has 0 aromatic rings. The minimum atomic E-state index is -0.975. The minimum Gasteiger partial charge on any atom is -0.480 e. The van der Waals surface area contributed by atoms with Gasteiger partial charge in [0.2, 0.25) is 5.91 Å². The molecule has 2 atom stereocenters. The fraction of sp³-hybridized carbons (Fsp3) is 0.778. The van der Waals surface area contributed by atoms with Gasteiger partial charge < -0.3 is 14.7 Å². The zero-order valence-electron chi connectivity index (χ0n) is 7.97. The first kappa shape index (κ1) is 9.45. The number of ether oxygens (including phenoxy) is 1. The van der Waals surface area contributed by atoms with E-state index in [0.29, 0.717) is 5.92 Å². The molecule has 0 spiro atoms. The summed E-state index contributed by atoms with van der Waals surface area (Å²) in [6, 6.07) is -0.802. The lowest BCUT2D eigenvalue weighted by atomic mass is 10.0. The molecule has 1 aliphatic carbocycles. The van der Waals surface area contributed by atoms with Gasteiger partial charge in [-0.05, 0) is 18.8 Å². The van der Waals surface area contributed by atoms with Crippen LogP contribution in [-0.4, -0.2) is 47.7 Å². The number of hydrogen-bond acceptors (Lipinski definition) is 3. The highest BCUT2D eigenvalue weighted by Gasteiger charge is 2.47. The highest BCUT2D eigenvalue weighted by atomic mass is 16.5. The molecular formula is C9H13NO4. The van der Waals surface area contributed by atoms with E-state index in [4.69, 9.17) is 9.84 Å². The Morgan fingerprint density at radius 2 is 2.21 bits per heavy atom. The second-order valence-electron chi connectivity index (χ2n) is 3.90. The van der Waals surface area contributed by atoms with Gasteiger partial charge in [0.1, 0.15) is 6.61 Å². The molecule has 5 nitrogen and oxygen atoms in total. The largest absolute Gasteiger partial charge is 0.480 e. The molecule has 0 radical (unpaired) electrons. The maximum atomic E-state index is 11.2. The maximum absolute atomic E-state index is 11.2. The monoisotopic (exact) mass is 199 g/mol. The molecule has 0 bridgehead atoms. The number of aliphatic carboxylic acids is 1. The summed E-state index contributed by atoms with van der Waals surface area (Å²) in [5.74, 6) is -0.904. The van der Waals surface area contributed by atoms with Gasteiger partial charge in [0.05, 0.1) is 6.10 Å². The van der Waals surface area contributed by atoms with E-state index in [-0.39, 0.29) is 18.6 Å². The number of carboxylic acid groups (broad SMARTS) is 1. The molecule has 1 amide bonds. The molecule has 1 saturated heterocycles. The standard InChI is InChI=1S/C9H13NO4/c1-10-6(11)4-14-8(5-2-3-5)7(10)9(12)13/h5,7-8H,2-4H2,1H3,(H,12,13). The summed E-state index contributed by atoms with van der Waals surface area (Å²) in [6.45, 7) is 0.0153. The van der Waals surface area contributed by atoms with Gasteiger partial charge >= 0.3 is 5.97 Å². The smallest absolute Gasteiger partial charge is 0.329 e. The summed E-state index contributed by atoms with van der Waals surface area (Å²) in [4.78, 5) is 23.5. The number of morpholine rings is 1. The molecule has 1 N–H and O–H groups in total. The van der Waals surface area contributed by atoms with Crippen LogP contribution >= 0.6 is 0 Å². The Morgan fingerprint density at radius 3 is 2.71 bits per heavy atom. The van der Waals surface area contributed by atoms with Crippen molar-refractivity contribution in [3.63, 3.8) is 0 Å². The van der Waals surface area contributed by atoms with Gasteiger partial charge in [-0.25, -0.2) is 4.79 Å². The van der Waals surface area contributed by atoms with Gasteiger partial charge in [-0.3, -0.25) is 4.79 Å². The average molecular weight is 199 g/mol. The Hall–Kier alpha value is -1.10. The van der Waals surface area contributed by atoms with Crippen LogP contribution in [0.15, 0.2) is 0 Å². The second-order valence-corrected chi connectivity index (χ2v) is 3.90. The van der Waals surface area contributed by atoms with E-state index < -0.39 is 12.0 Å². The lowest BCUT2D eigenvalue weighted by Crippen LogP contribution is -2.57. The summed E-state index contributed by atoms with van der Waals surface area (Å²) in [5.41, 5.74) is 0. The molecule has 2 unspecified atom stereocenters. The van der Waals surface area contributed by atoms with Crippen molar-refractivity contribution in [3.05, 3.63) is 0 Å². The van der Waals surface area contributed by atoms with Gasteiger partial charge in [-0.2, -0.15) is 0 Å². The summed E-state index contributed by atoms with van der Waals surface area (Å²) < 4.78 is 5.29. The van der Waals surface area contributed by atoms with Crippen LogP contribution in [0.25, 0.3) is 0 Å². The summed E-state index contributed by atoms with van der Waals surface area (Å²) >= 11 is 0. The zero-order chi connectivity index (χ0) is 10.3. The molecule has 2 fully saturated rings. The molecule has 1 heterocycles. The second kappa shape index (κ2) is 3.24. The normalized spacial score (nSPS) is 33.2. The van der Waals surface area contributed by atoms with Crippen molar-refractivity contribution in [2.45, 2.75) is 25.0 Å². The van der Waals surface area contributed by atoms with E-state index in [9.17, 15) is 9.59 Å². The quantitative estimate of drug-likeness (QED) is 0.663. The number of nitrogens with zero attached hydrogens (tertiary/aromatic N) is 1. The van der Waals surface area contributed by atoms with Crippen LogP contribution in [0.4, 0.5) is 0 Å². The van der Waals surface area contributed by atoms with E-state index in [0.717, 1.165) is 12.8 Å². The van der Waals surface area contributed by atoms with Crippen LogP contribution in [-0.2, 0) is 14.3 Å². The van der Waals surface area contributed by atoms with E-state index in [2.05, 4.69) is 0 Å². The van der Waals surface area contributed by atoms with Crippen molar-refractivity contribution < 1.29 is 19.4 Å². The van der Waals surface area contributed by atoms with Crippen molar-refractivity contribution in [2.24, 2.45) is 5.92 Å². The first-order valence-corrected chi connectivity index (χ1v) is 4.71. The van der Waals surface area contributed by atoms with E-state index in [1.54, 1.807) is 0 Å². The predicted octanol–water partition coefficient (Wildman–Crippen LogP) is -0.293. The number of carbonyl (C=O) groups is 2. The molecule has 14 heavy (non-hydrogen) atoms. The number of carboxylic acids is 1. The van der Waals surface area contributed by atoms with Crippen molar-refractivity contribution in [2.75, 3.05) is 13.7 Å². The molecular weight excluding hydrogens is 186 g/mol. The van der Waals surface area contributed by atoms with Crippen molar-refractivity contribution >= 4 is 11.9 Å². The van der Waals surface area contributed by atoms with Gasteiger partial charge in [0.15, 0.2) is 6.04 Å². The Balaban J connectivity index is 2.16. The molecule has 0 aromatic carbocycles. The van der Waals surface area contributed by atoms with Gasteiger partial charge in [-0.1, -0.05) is 0 Å². The van der Waals surface area contributed by atoms with Crippen molar-refractivity contribution in [3.8, 4) is 0 Å². The predicted molar refractivity (Wildman–Crippen MR) is 46.7 cm³/mol. The first-order chi connectivity index (χ1) is 6.61.